The number of aryl methyl sites for hydroxylation is 2. The van der Waals surface area contributed by atoms with Crippen molar-refractivity contribution in [3.8, 4) is 5.75 Å². The number of nitrogens with one attached hydrogen (secondary N) is 1. The number of benzene rings is 3. The minimum atomic E-state index is -0.0630. The maximum Gasteiger partial charge on any atom is 0.224 e. The number of phenolic OH excluding ortho intramolecular Hbond substituents is 1. The van der Waals surface area contributed by atoms with Gasteiger partial charge in [0, 0.05) is 39.5 Å². The third-order valence-corrected chi connectivity index (χ3v) is 8.41. The minimum absolute atomic E-state index is 0.0360. The summed E-state index contributed by atoms with van der Waals surface area (Å²) in [6.45, 7) is 19.2. The fourth-order valence-electron chi connectivity index (χ4n) is 5.65. The Morgan fingerprint density at radius 2 is 1.63 bits per heavy atom. The number of carbonyl (C=O) groups is 1. The van der Waals surface area contributed by atoms with Gasteiger partial charge in [0.2, 0.25) is 5.91 Å². The predicted octanol–water partition coefficient (Wildman–Crippen LogP) is 7.26. The summed E-state index contributed by atoms with van der Waals surface area (Å²) >= 11 is 0. The third kappa shape index (κ3) is 11.8. The smallest absolute Gasteiger partial charge is 0.224 e. The largest absolute Gasteiger partial charge is 0.506 e. The number of likely N-dealkylation sites (N-methyl/N-ethyl adjacent to an activating group) is 1. The number of rotatable bonds is 12. The highest BCUT2D eigenvalue weighted by molar-refractivity contribution is 5.80. The highest BCUT2D eigenvalue weighted by Gasteiger charge is 2.43. The van der Waals surface area contributed by atoms with Crippen molar-refractivity contribution in [3.05, 3.63) is 120 Å². The molecule has 6 heteroatoms. The van der Waals surface area contributed by atoms with E-state index in [9.17, 15) is 9.90 Å². The van der Waals surface area contributed by atoms with Gasteiger partial charge in [0.1, 0.15) is 5.75 Å². The quantitative estimate of drug-likeness (QED) is 0.207. The molecule has 6 nitrogen and oxygen atoms in total. The lowest BCUT2D eigenvalue weighted by molar-refractivity contribution is -0.130. The van der Waals surface area contributed by atoms with Crippen molar-refractivity contribution in [2.24, 2.45) is 5.92 Å². The molecule has 0 aromatic heterocycles. The number of carbonyl (C=O) groups excluding carboxylic acids is 1. The molecule has 0 bridgehead atoms. The van der Waals surface area contributed by atoms with E-state index in [1.807, 2.05) is 62.1 Å². The van der Waals surface area contributed by atoms with E-state index in [-0.39, 0.29) is 29.7 Å². The first-order valence-electron chi connectivity index (χ1n) is 16.5. The Balaban J connectivity index is 0.000000514. The number of hydrogen-bond donors (Lipinski definition) is 2. The Kier molecular flexibility index (Phi) is 16.3. The van der Waals surface area contributed by atoms with Crippen LogP contribution in [-0.2, 0) is 24.2 Å². The number of phenols is 1. The van der Waals surface area contributed by atoms with E-state index < -0.39 is 0 Å². The average Bonchev–Trinajstić information content (AvgIpc) is 3.37. The molecular formula is C40H58N4O2. The van der Waals surface area contributed by atoms with E-state index >= 15 is 0 Å². The molecule has 1 aliphatic heterocycles. The summed E-state index contributed by atoms with van der Waals surface area (Å²) in [5, 5.41) is 13.1. The van der Waals surface area contributed by atoms with E-state index in [2.05, 4.69) is 99.7 Å². The van der Waals surface area contributed by atoms with E-state index in [0.717, 1.165) is 49.3 Å². The zero-order valence-corrected chi connectivity index (χ0v) is 29.6. The predicted molar refractivity (Wildman–Crippen MR) is 197 cm³/mol. The minimum Gasteiger partial charge on any atom is -0.506 e. The second kappa shape index (κ2) is 19.6. The van der Waals surface area contributed by atoms with Crippen LogP contribution in [-0.4, -0.2) is 74.2 Å². The molecule has 4 rings (SSSR count). The number of hydrogen-bond acceptors (Lipinski definition) is 5. The molecule has 46 heavy (non-hydrogen) atoms. The summed E-state index contributed by atoms with van der Waals surface area (Å²) in [5.41, 5.74) is 6.80. The van der Waals surface area contributed by atoms with Gasteiger partial charge < -0.3 is 25.1 Å². The van der Waals surface area contributed by atoms with Crippen LogP contribution in [0.4, 0.5) is 5.69 Å². The molecule has 1 saturated heterocycles. The fourth-order valence-corrected chi connectivity index (χ4v) is 5.65. The maximum absolute atomic E-state index is 13.2. The van der Waals surface area contributed by atoms with E-state index in [1.165, 1.54) is 16.7 Å². The van der Waals surface area contributed by atoms with Crippen molar-refractivity contribution >= 4 is 11.6 Å². The maximum atomic E-state index is 13.2. The molecular weight excluding hydrogens is 568 g/mol. The topological polar surface area (TPSA) is 59.1 Å². The standard InChI is InChI=1S/C29H39N3O2.C8H10.C3H9N/c1-8-24(15-22-11-9-21(4)10-12-22)32-27(25(20(2)3)17-29(32)34)19-31(7)18-23-13-14-28(33)26(16-23)30(5)6;1-2-8-6-4-3-5-7-8;1-3-4-2/h8-14,16,24-25,27,33H,1-2,15,17-19H2,3-7H3;3-7H,2H2,1H3;4H,3H2,1-2H3/t24-,25?,27?;;/m1../s1. The molecule has 3 aromatic rings. The van der Waals surface area contributed by atoms with Crippen molar-refractivity contribution in [2.75, 3.05) is 46.2 Å². The normalized spacial score (nSPS) is 16.2. The van der Waals surface area contributed by atoms with Crippen molar-refractivity contribution in [1.29, 1.82) is 0 Å². The Hall–Kier alpha value is -3.87. The summed E-state index contributed by atoms with van der Waals surface area (Å²) < 4.78 is 0. The molecule has 1 amide bonds. The molecule has 2 N–H and O–H groups in total. The third-order valence-electron chi connectivity index (χ3n) is 8.41. The van der Waals surface area contributed by atoms with Gasteiger partial charge in [-0.1, -0.05) is 98.3 Å². The van der Waals surface area contributed by atoms with E-state index in [1.54, 1.807) is 6.07 Å². The zero-order valence-electron chi connectivity index (χ0n) is 29.6. The number of aromatic hydroxyl groups is 1. The summed E-state index contributed by atoms with van der Waals surface area (Å²) in [4.78, 5) is 19.4. The van der Waals surface area contributed by atoms with Crippen LogP contribution >= 0.6 is 0 Å². The summed E-state index contributed by atoms with van der Waals surface area (Å²) in [6, 6.07) is 24.6. The molecule has 0 radical (unpaired) electrons. The molecule has 0 aliphatic carbocycles. The van der Waals surface area contributed by atoms with Gasteiger partial charge in [0.05, 0.1) is 17.8 Å². The number of likely N-dealkylation sites (tertiary alicyclic amines) is 1. The first kappa shape index (κ1) is 38.3. The summed E-state index contributed by atoms with van der Waals surface area (Å²) in [6.07, 6.45) is 4.30. The zero-order chi connectivity index (χ0) is 34.2. The molecule has 2 unspecified atom stereocenters. The van der Waals surface area contributed by atoms with E-state index in [4.69, 9.17) is 0 Å². The highest BCUT2D eigenvalue weighted by Crippen LogP contribution is 2.34. The molecule has 0 saturated carbocycles. The molecule has 0 spiro atoms. The van der Waals surface area contributed by atoms with Crippen molar-refractivity contribution in [3.63, 3.8) is 0 Å². The first-order chi connectivity index (χ1) is 21.9. The number of nitrogens with zero attached hydrogens (tertiary/aromatic N) is 3. The lowest BCUT2D eigenvalue weighted by Gasteiger charge is -2.36. The van der Waals surface area contributed by atoms with Gasteiger partial charge in [-0.25, -0.2) is 0 Å². The van der Waals surface area contributed by atoms with Gasteiger partial charge in [-0.3, -0.25) is 4.79 Å². The molecule has 1 aliphatic rings. The Morgan fingerprint density at radius 1 is 1.02 bits per heavy atom. The number of amides is 1. The second-order valence-corrected chi connectivity index (χ2v) is 12.5. The van der Waals surface area contributed by atoms with Gasteiger partial charge in [0.25, 0.3) is 0 Å². The van der Waals surface area contributed by atoms with E-state index in [0.29, 0.717) is 6.42 Å². The van der Waals surface area contributed by atoms with Gasteiger partial charge in [-0.2, -0.15) is 0 Å². The summed E-state index contributed by atoms with van der Waals surface area (Å²) in [5.74, 6) is 0.562. The van der Waals surface area contributed by atoms with Crippen molar-refractivity contribution < 1.29 is 9.90 Å². The van der Waals surface area contributed by atoms with Crippen LogP contribution in [0, 0.1) is 12.8 Å². The molecule has 250 valence electrons. The Labute approximate surface area is 279 Å². The average molecular weight is 627 g/mol. The van der Waals surface area contributed by atoms with Gasteiger partial charge in [-0.15, -0.1) is 6.58 Å². The Morgan fingerprint density at radius 3 is 2.13 bits per heavy atom. The summed E-state index contributed by atoms with van der Waals surface area (Å²) in [7, 11) is 7.86. The van der Waals surface area contributed by atoms with Crippen LogP contribution in [0.1, 0.15) is 49.4 Å². The van der Waals surface area contributed by atoms with Crippen LogP contribution in [0.3, 0.4) is 0 Å². The van der Waals surface area contributed by atoms with Crippen LogP contribution in [0.5, 0.6) is 5.75 Å². The fraction of sp³-hybridized carbons (Fsp3) is 0.425. The van der Waals surface area contributed by atoms with Crippen LogP contribution < -0.4 is 10.2 Å². The number of anilines is 1. The SMILES string of the molecule is C=C[C@H](Cc1ccc(C)cc1)N1C(=O)CC(C(=C)C)C1CN(C)Cc1ccc(O)c(N(C)C)c1.CCNC.CCc1ccccc1. The molecule has 3 atom stereocenters. The van der Waals surface area contributed by atoms with Crippen molar-refractivity contribution in [1.82, 2.24) is 15.1 Å². The van der Waals surface area contributed by atoms with Crippen LogP contribution in [0.25, 0.3) is 0 Å². The lowest BCUT2D eigenvalue weighted by Crippen LogP contribution is -2.48. The van der Waals surface area contributed by atoms with Crippen LogP contribution in [0.15, 0.2) is 97.6 Å². The van der Waals surface area contributed by atoms with Gasteiger partial charge >= 0.3 is 0 Å². The molecule has 3 aromatic carbocycles. The van der Waals surface area contributed by atoms with Crippen LogP contribution in [0.2, 0.25) is 0 Å². The molecule has 1 heterocycles. The highest BCUT2D eigenvalue weighted by atomic mass is 16.3. The molecule has 1 fully saturated rings. The van der Waals surface area contributed by atoms with Gasteiger partial charge in [0.15, 0.2) is 0 Å². The second-order valence-electron chi connectivity index (χ2n) is 12.5. The lowest BCUT2D eigenvalue weighted by atomic mass is 9.92. The Bertz CT molecular complexity index is 1350. The van der Waals surface area contributed by atoms with Crippen molar-refractivity contribution in [2.45, 2.75) is 65.6 Å². The monoisotopic (exact) mass is 626 g/mol. The van der Waals surface area contributed by atoms with Gasteiger partial charge in [-0.05, 0) is 76.2 Å². The first-order valence-corrected chi connectivity index (χ1v) is 16.5.